The van der Waals surface area contributed by atoms with Crippen LogP contribution in [-0.2, 0) is 11.2 Å². The van der Waals surface area contributed by atoms with Crippen molar-refractivity contribution in [3.8, 4) is 5.88 Å². The van der Waals surface area contributed by atoms with Gasteiger partial charge in [-0.2, -0.15) is 4.98 Å². The van der Waals surface area contributed by atoms with Gasteiger partial charge in [0.2, 0.25) is 11.8 Å². The first-order valence-electron chi connectivity index (χ1n) is 6.17. The maximum absolute atomic E-state index is 11.9. The minimum absolute atomic E-state index is 0.127. The summed E-state index contributed by atoms with van der Waals surface area (Å²) in [4.78, 5) is 24.6. The maximum Gasteiger partial charge on any atom is 0.245 e. The molecule has 2 rings (SSSR count). The van der Waals surface area contributed by atoms with Crippen LogP contribution >= 0.6 is 11.6 Å². The van der Waals surface area contributed by atoms with Crippen molar-refractivity contribution in [3.63, 3.8) is 0 Å². The van der Waals surface area contributed by atoms with Gasteiger partial charge in [-0.15, -0.1) is 11.6 Å². The van der Waals surface area contributed by atoms with Gasteiger partial charge in [0.15, 0.2) is 11.2 Å². The first kappa shape index (κ1) is 14.5. The van der Waals surface area contributed by atoms with Crippen LogP contribution < -0.4 is 10.1 Å². The average Bonchev–Trinajstić information content (AvgIpc) is 2.83. The number of imidazole rings is 1. The number of halogens is 1. The van der Waals surface area contributed by atoms with Gasteiger partial charge >= 0.3 is 0 Å². The number of aryl methyl sites for hydroxylation is 1. The van der Waals surface area contributed by atoms with Crippen molar-refractivity contribution >= 4 is 28.7 Å². The Morgan fingerprint density at radius 3 is 2.90 bits per heavy atom. The molecule has 108 valence electrons. The number of ether oxygens (including phenoxy) is 1. The van der Waals surface area contributed by atoms with Crippen molar-refractivity contribution in [2.24, 2.45) is 0 Å². The molecule has 7 nitrogen and oxygen atoms in total. The van der Waals surface area contributed by atoms with Gasteiger partial charge in [-0.3, -0.25) is 4.79 Å². The molecule has 1 atom stereocenters. The standard InChI is InChI=1S/C12H16ClN5O2/c1-7(11(19)14-2)18-8(4-5-13)17-9-10(18)15-6-16-12(9)20-3/h6-7H,4-5H2,1-3H3,(H,14,19). The number of alkyl halides is 1. The normalized spacial score (nSPS) is 12.4. The third-order valence-electron chi connectivity index (χ3n) is 3.04. The lowest BCUT2D eigenvalue weighted by atomic mass is 10.3. The number of carbonyl (C=O) groups is 1. The van der Waals surface area contributed by atoms with Gasteiger partial charge < -0.3 is 14.6 Å². The Hall–Kier alpha value is -1.89. The molecular weight excluding hydrogens is 282 g/mol. The minimum Gasteiger partial charge on any atom is -0.479 e. The molecule has 0 saturated carbocycles. The van der Waals surface area contributed by atoms with Gasteiger partial charge in [0, 0.05) is 19.3 Å². The highest BCUT2D eigenvalue weighted by atomic mass is 35.5. The van der Waals surface area contributed by atoms with Crippen molar-refractivity contribution in [2.75, 3.05) is 20.0 Å². The predicted molar refractivity (Wildman–Crippen MR) is 75.1 cm³/mol. The SMILES string of the molecule is CNC(=O)C(C)n1c(CCCl)nc2c(OC)ncnc21. The Bertz CT molecular complexity index is 628. The molecular formula is C12H16ClN5O2. The second-order valence-electron chi connectivity index (χ2n) is 4.18. The van der Waals surface area contributed by atoms with Gasteiger partial charge in [0.05, 0.1) is 7.11 Å². The molecule has 0 radical (unpaired) electrons. The number of carbonyl (C=O) groups excluding carboxylic acids is 1. The molecule has 1 amide bonds. The van der Waals surface area contributed by atoms with E-state index in [2.05, 4.69) is 20.3 Å². The molecule has 0 aromatic carbocycles. The zero-order valence-corrected chi connectivity index (χ0v) is 12.3. The summed E-state index contributed by atoms with van der Waals surface area (Å²) >= 11 is 5.81. The van der Waals surface area contributed by atoms with Gasteiger partial charge in [-0.1, -0.05) is 0 Å². The molecule has 0 aliphatic carbocycles. The van der Waals surface area contributed by atoms with Crippen LogP contribution in [0.15, 0.2) is 6.33 Å². The van der Waals surface area contributed by atoms with E-state index in [1.165, 1.54) is 13.4 Å². The fourth-order valence-electron chi connectivity index (χ4n) is 2.08. The molecule has 1 N–H and O–H groups in total. The molecule has 8 heteroatoms. The van der Waals surface area contributed by atoms with Gasteiger partial charge in [0.1, 0.15) is 18.2 Å². The minimum atomic E-state index is -0.442. The highest BCUT2D eigenvalue weighted by Crippen LogP contribution is 2.25. The molecule has 0 bridgehead atoms. The number of hydrogen-bond acceptors (Lipinski definition) is 5. The van der Waals surface area contributed by atoms with Crippen molar-refractivity contribution in [1.82, 2.24) is 24.8 Å². The number of aromatic nitrogens is 4. The van der Waals surface area contributed by atoms with Crippen molar-refractivity contribution < 1.29 is 9.53 Å². The smallest absolute Gasteiger partial charge is 0.245 e. The van der Waals surface area contributed by atoms with E-state index in [9.17, 15) is 4.79 Å². The van der Waals surface area contributed by atoms with Crippen LogP contribution in [0.4, 0.5) is 0 Å². The van der Waals surface area contributed by atoms with Gasteiger partial charge in [-0.05, 0) is 6.92 Å². The Morgan fingerprint density at radius 2 is 2.30 bits per heavy atom. The van der Waals surface area contributed by atoms with Crippen LogP contribution in [0, 0.1) is 0 Å². The van der Waals surface area contributed by atoms with Crippen LogP contribution in [0.2, 0.25) is 0 Å². The first-order valence-corrected chi connectivity index (χ1v) is 6.70. The molecule has 0 aliphatic heterocycles. The number of hydrogen-bond donors (Lipinski definition) is 1. The monoisotopic (exact) mass is 297 g/mol. The summed E-state index contributed by atoms with van der Waals surface area (Å²) in [6.07, 6.45) is 1.92. The predicted octanol–water partition coefficient (Wildman–Crippen LogP) is 0.923. The summed E-state index contributed by atoms with van der Waals surface area (Å²) in [6, 6.07) is -0.442. The summed E-state index contributed by atoms with van der Waals surface area (Å²) in [5.74, 6) is 1.34. The summed E-state index contributed by atoms with van der Waals surface area (Å²) in [5, 5.41) is 2.62. The highest BCUT2D eigenvalue weighted by Gasteiger charge is 2.23. The third-order valence-corrected chi connectivity index (χ3v) is 3.23. The Labute approximate surface area is 121 Å². The van der Waals surface area contributed by atoms with Gasteiger partial charge in [-0.25, -0.2) is 9.97 Å². The molecule has 20 heavy (non-hydrogen) atoms. The second kappa shape index (κ2) is 6.04. The molecule has 2 heterocycles. The van der Waals surface area contributed by atoms with E-state index in [4.69, 9.17) is 16.3 Å². The summed E-state index contributed by atoms with van der Waals surface area (Å²) in [5.41, 5.74) is 1.10. The Kier molecular flexibility index (Phi) is 4.39. The van der Waals surface area contributed by atoms with E-state index in [-0.39, 0.29) is 5.91 Å². The number of amides is 1. The van der Waals surface area contributed by atoms with E-state index in [0.717, 1.165) is 0 Å². The molecule has 2 aromatic rings. The first-order chi connectivity index (χ1) is 9.63. The second-order valence-corrected chi connectivity index (χ2v) is 4.56. The molecule has 0 aliphatic rings. The van der Waals surface area contributed by atoms with Crippen LogP contribution in [0.5, 0.6) is 5.88 Å². The summed E-state index contributed by atoms with van der Waals surface area (Å²) < 4.78 is 6.94. The number of nitrogens with zero attached hydrogens (tertiary/aromatic N) is 4. The Balaban J connectivity index is 2.66. The van der Waals surface area contributed by atoms with Crippen molar-refractivity contribution in [2.45, 2.75) is 19.4 Å². The average molecular weight is 298 g/mol. The van der Waals surface area contributed by atoms with Crippen molar-refractivity contribution in [1.29, 1.82) is 0 Å². The molecule has 2 aromatic heterocycles. The number of fused-ring (bicyclic) bond motifs is 1. The fourth-order valence-corrected chi connectivity index (χ4v) is 2.25. The lowest BCUT2D eigenvalue weighted by molar-refractivity contribution is -0.123. The number of methoxy groups -OCH3 is 1. The molecule has 0 spiro atoms. The fraction of sp³-hybridized carbons (Fsp3) is 0.500. The van der Waals surface area contributed by atoms with E-state index in [1.54, 1.807) is 18.5 Å². The third kappa shape index (κ3) is 2.40. The molecule has 0 fully saturated rings. The Morgan fingerprint density at radius 1 is 1.55 bits per heavy atom. The van der Waals surface area contributed by atoms with Crippen LogP contribution in [0.1, 0.15) is 18.8 Å². The van der Waals surface area contributed by atoms with E-state index >= 15 is 0 Å². The zero-order chi connectivity index (χ0) is 14.7. The van der Waals surface area contributed by atoms with E-state index in [1.807, 2.05) is 0 Å². The largest absolute Gasteiger partial charge is 0.479 e. The highest BCUT2D eigenvalue weighted by molar-refractivity contribution is 6.17. The summed E-state index contributed by atoms with van der Waals surface area (Å²) in [6.45, 7) is 1.78. The van der Waals surface area contributed by atoms with Crippen LogP contribution in [0.25, 0.3) is 11.2 Å². The molecule has 0 saturated heterocycles. The van der Waals surface area contributed by atoms with Crippen LogP contribution in [0.3, 0.4) is 0 Å². The zero-order valence-electron chi connectivity index (χ0n) is 11.6. The van der Waals surface area contributed by atoms with Crippen LogP contribution in [-0.4, -0.2) is 45.5 Å². The van der Waals surface area contributed by atoms with Gasteiger partial charge in [0.25, 0.3) is 0 Å². The molecule has 1 unspecified atom stereocenters. The lowest BCUT2D eigenvalue weighted by Gasteiger charge is -2.15. The maximum atomic E-state index is 11.9. The number of likely N-dealkylation sites (N-methyl/N-ethyl adjacent to an activating group) is 1. The quantitative estimate of drug-likeness (QED) is 0.830. The van der Waals surface area contributed by atoms with E-state index < -0.39 is 6.04 Å². The lowest BCUT2D eigenvalue weighted by Crippen LogP contribution is -2.29. The summed E-state index contributed by atoms with van der Waals surface area (Å²) in [7, 11) is 3.11. The van der Waals surface area contributed by atoms with Crippen molar-refractivity contribution in [3.05, 3.63) is 12.2 Å². The number of rotatable bonds is 5. The topological polar surface area (TPSA) is 81.9 Å². The van der Waals surface area contributed by atoms with E-state index in [0.29, 0.717) is 35.2 Å². The number of nitrogens with one attached hydrogen (secondary N) is 1.